The fourth-order valence-corrected chi connectivity index (χ4v) is 2.34. The lowest BCUT2D eigenvalue weighted by Crippen LogP contribution is -2.28. The molecule has 2 aromatic rings. The van der Waals surface area contributed by atoms with Crippen LogP contribution in [0.3, 0.4) is 0 Å². The zero-order chi connectivity index (χ0) is 16.8. The highest BCUT2D eigenvalue weighted by atomic mass is 19.1. The van der Waals surface area contributed by atoms with Crippen LogP contribution in [0, 0.1) is 19.7 Å². The van der Waals surface area contributed by atoms with Crippen LogP contribution >= 0.6 is 0 Å². The highest BCUT2D eigenvalue weighted by Crippen LogP contribution is 2.12. The van der Waals surface area contributed by atoms with Crippen LogP contribution in [0.25, 0.3) is 0 Å². The Balaban J connectivity index is 1.85. The molecule has 0 aliphatic rings. The summed E-state index contributed by atoms with van der Waals surface area (Å²) in [6, 6.07) is 5.62. The van der Waals surface area contributed by atoms with Gasteiger partial charge in [-0.05, 0) is 38.1 Å². The third kappa shape index (κ3) is 4.61. The monoisotopic (exact) mass is 320 g/mol. The highest BCUT2D eigenvalue weighted by Gasteiger charge is 2.11. The quantitative estimate of drug-likeness (QED) is 0.720. The van der Waals surface area contributed by atoms with Gasteiger partial charge >= 0.3 is 0 Å². The Morgan fingerprint density at radius 3 is 2.65 bits per heavy atom. The summed E-state index contributed by atoms with van der Waals surface area (Å²) < 4.78 is 14.6. The first-order valence-corrected chi connectivity index (χ1v) is 7.41. The average molecular weight is 320 g/mol. The maximum Gasteiger partial charge on any atom is 0.238 e. The average Bonchev–Trinajstić information content (AvgIpc) is 2.77. The van der Waals surface area contributed by atoms with Gasteiger partial charge < -0.3 is 15.7 Å². The number of hydrogen-bond donors (Lipinski definition) is 3. The number of halogens is 1. The number of benzene rings is 1. The summed E-state index contributed by atoms with van der Waals surface area (Å²) in [6.45, 7) is 4.98. The van der Waals surface area contributed by atoms with Gasteiger partial charge in [0.2, 0.25) is 5.91 Å². The fourth-order valence-electron chi connectivity index (χ4n) is 2.34. The first-order valence-electron chi connectivity index (χ1n) is 7.41. The number of anilines is 1. The van der Waals surface area contributed by atoms with Crippen LogP contribution in [0.1, 0.15) is 17.0 Å². The molecule has 124 valence electrons. The lowest BCUT2D eigenvalue weighted by Gasteiger charge is -2.07. The Kier molecular flexibility index (Phi) is 5.84. The predicted molar refractivity (Wildman–Crippen MR) is 85.5 cm³/mol. The van der Waals surface area contributed by atoms with Crippen LogP contribution in [0.4, 0.5) is 10.1 Å². The van der Waals surface area contributed by atoms with Gasteiger partial charge in [-0.3, -0.25) is 9.48 Å². The van der Waals surface area contributed by atoms with E-state index in [4.69, 9.17) is 5.11 Å². The van der Waals surface area contributed by atoms with E-state index in [0.29, 0.717) is 18.8 Å². The lowest BCUT2D eigenvalue weighted by atomic mass is 10.2. The molecule has 0 spiro atoms. The minimum atomic E-state index is -0.341. The van der Waals surface area contributed by atoms with Crippen molar-refractivity contribution in [1.82, 2.24) is 15.1 Å². The normalized spacial score (nSPS) is 10.8. The summed E-state index contributed by atoms with van der Waals surface area (Å²) in [5.74, 6) is -0.540. The van der Waals surface area contributed by atoms with E-state index in [1.165, 1.54) is 24.3 Å². The summed E-state index contributed by atoms with van der Waals surface area (Å²) in [5.41, 5.74) is 3.43. The molecule has 2 rings (SSSR count). The van der Waals surface area contributed by atoms with Crippen molar-refractivity contribution in [3.8, 4) is 0 Å². The number of carbonyl (C=O) groups is 1. The van der Waals surface area contributed by atoms with Crippen LogP contribution < -0.4 is 10.6 Å². The molecule has 1 aromatic carbocycles. The van der Waals surface area contributed by atoms with E-state index >= 15 is 0 Å². The summed E-state index contributed by atoms with van der Waals surface area (Å²) in [7, 11) is 0. The molecule has 6 nitrogen and oxygen atoms in total. The SMILES string of the molecule is Cc1nn(CCO)c(C)c1CNCC(=O)Nc1ccc(F)cc1. The van der Waals surface area contributed by atoms with Crippen LogP contribution in [0.15, 0.2) is 24.3 Å². The number of rotatable bonds is 7. The van der Waals surface area contributed by atoms with Crippen molar-refractivity contribution in [2.75, 3.05) is 18.5 Å². The minimum absolute atomic E-state index is 0.0366. The molecule has 1 amide bonds. The number of nitrogens with zero attached hydrogens (tertiary/aromatic N) is 2. The molecule has 0 saturated heterocycles. The molecule has 0 bridgehead atoms. The Morgan fingerprint density at radius 2 is 2.00 bits per heavy atom. The topological polar surface area (TPSA) is 79.2 Å². The summed E-state index contributed by atoms with van der Waals surface area (Å²) in [5, 5.41) is 19.1. The summed E-state index contributed by atoms with van der Waals surface area (Å²) >= 11 is 0. The van der Waals surface area contributed by atoms with Crippen molar-refractivity contribution in [3.63, 3.8) is 0 Å². The third-order valence-corrected chi connectivity index (χ3v) is 3.56. The molecule has 7 heteroatoms. The zero-order valence-corrected chi connectivity index (χ0v) is 13.3. The van der Waals surface area contributed by atoms with E-state index < -0.39 is 0 Å². The molecule has 0 unspecified atom stereocenters. The molecule has 0 radical (unpaired) electrons. The number of nitrogens with one attached hydrogen (secondary N) is 2. The van der Waals surface area contributed by atoms with Gasteiger partial charge in [0.15, 0.2) is 0 Å². The molecule has 0 aliphatic carbocycles. The van der Waals surface area contributed by atoms with Gasteiger partial charge in [0.05, 0.1) is 25.4 Å². The number of hydrogen-bond acceptors (Lipinski definition) is 4. The Hall–Kier alpha value is -2.25. The largest absolute Gasteiger partial charge is 0.394 e. The second-order valence-electron chi connectivity index (χ2n) is 5.25. The van der Waals surface area contributed by atoms with Crippen molar-refractivity contribution in [3.05, 3.63) is 47.0 Å². The number of aryl methyl sites for hydroxylation is 1. The Labute approximate surface area is 134 Å². The zero-order valence-electron chi connectivity index (χ0n) is 13.3. The predicted octanol–water partition coefficient (Wildman–Crippen LogP) is 1.36. The first-order chi connectivity index (χ1) is 11.0. The van der Waals surface area contributed by atoms with Gasteiger partial charge in [-0.1, -0.05) is 0 Å². The van der Waals surface area contributed by atoms with Crippen molar-refractivity contribution in [1.29, 1.82) is 0 Å². The third-order valence-electron chi connectivity index (χ3n) is 3.56. The van der Waals surface area contributed by atoms with Crippen molar-refractivity contribution < 1.29 is 14.3 Å². The number of amides is 1. The van der Waals surface area contributed by atoms with Gasteiger partial charge in [-0.2, -0.15) is 5.10 Å². The lowest BCUT2D eigenvalue weighted by molar-refractivity contribution is -0.115. The number of aromatic nitrogens is 2. The fraction of sp³-hybridized carbons (Fsp3) is 0.375. The Bertz CT molecular complexity index is 667. The van der Waals surface area contributed by atoms with Gasteiger partial charge in [-0.25, -0.2) is 4.39 Å². The molecular weight excluding hydrogens is 299 g/mol. The van der Waals surface area contributed by atoms with Crippen molar-refractivity contribution >= 4 is 11.6 Å². The second-order valence-corrected chi connectivity index (χ2v) is 5.25. The molecule has 1 heterocycles. The van der Waals surface area contributed by atoms with Gasteiger partial charge in [0, 0.05) is 23.5 Å². The van der Waals surface area contributed by atoms with Gasteiger partial charge in [0.1, 0.15) is 5.82 Å². The molecule has 0 fully saturated rings. The van der Waals surface area contributed by atoms with E-state index in [1.54, 1.807) is 4.68 Å². The van der Waals surface area contributed by atoms with E-state index in [1.807, 2.05) is 13.8 Å². The summed E-state index contributed by atoms with van der Waals surface area (Å²) in [4.78, 5) is 11.8. The second kappa shape index (κ2) is 7.85. The van der Waals surface area contributed by atoms with Crippen molar-refractivity contribution in [2.45, 2.75) is 26.9 Å². The highest BCUT2D eigenvalue weighted by molar-refractivity contribution is 5.92. The Morgan fingerprint density at radius 1 is 1.30 bits per heavy atom. The van der Waals surface area contributed by atoms with Crippen LogP contribution in [0.5, 0.6) is 0 Å². The van der Waals surface area contributed by atoms with Gasteiger partial charge in [0.25, 0.3) is 0 Å². The molecule has 1 aromatic heterocycles. The van der Waals surface area contributed by atoms with E-state index in [2.05, 4.69) is 15.7 Å². The molecule has 23 heavy (non-hydrogen) atoms. The number of aliphatic hydroxyl groups is 1. The molecular formula is C16H21FN4O2. The van der Waals surface area contributed by atoms with E-state index in [0.717, 1.165) is 17.0 Å². The molecule has 0 saturated carbocycles. The van der Waals surface area contributed by atoms with Gasteiger partial charge in [-0.15, -0.1) is 0 Å². The van der Waals surface area contributed by atoms with Crippen LogP contribution in [-0.2, 0) is 17.9 Å². The molecule has 3 N–H and O–H groups in total. The first kappa shape index (κ1) is 17.1. The van der Waals surface area contributed by atoms with Crippen LogP contribution in [-0.4, -0.2) is 33.9 Å². The summed E-state index contributed by atoms with van der Waals surface area (Å²) in [6.07, 6.45) is 0. The van der Waals surface area contributed by atoms with E-state index in [-0.39, 0.29) is 24.9 Å². The van der Waals surface area contributed by atoms with Crippen LogP contribution in [0.2, 0.25) is 0 Å². The molecule has 0 aliphatic heterocycles. The maximum atomic E-state index is 12.8. The smallest absolute Gasteiger partial charge is 0.238 e. The number of aliphatic hydroxyl groups excluding tert-OH is 1. The van der Waals surface area contributed by atoms with E-state index in [9.17, 15) is 9.18 Å². The maximum absolute atomic E-state index is 12.8. The standard InChI is InChI=1S/C16H21FN4O2/c1-11-15(12(2)21(20-11)7-8-22)9-18-10-16(23)19-14-5-3-13(17)4-6-14/h3-6,18,22H,7-10H2,1-2H3,(H,19,23). The minimum Gasteiger partial charge on any atom is -0.394 e. The molecule has 0 atom stereocenters. The van der Waals surface area contributed by atoms with Crippen molar-refractivity contribution in [2.24, 2.45) is 0 Å². The number of carbonyl (C=O) groups excluding carboxylic acids is 1.